The predicted molar refractivity (Wildman–Crippen MR) is 113 cm³/mol. The number of benzene rings is 1. The van der Waals surface area contributed by atoms with Gasteiger partial charge in [-0.1, -0.05) is 11.6 Å². The Morgan fingerprint density at radius 2 is 1.93 bits per heavy atom. The van der Waals surface area contributed by atoms with Crippen molar-refractivity contribution in [2.75, 3.05) is 18.5 Å². The van der Waals surface area contributed by atoms with Crippen LogP contribution in [-0.2, 0) is 4.74 Å². The second-order valence-electron chi connectivity index (χ2n) is 6.97. The smallest absolute Gasteiger partial charge is 0.338 e. The number of amides is 1. The van der Waals surface area contributed by atoms with Gasteiger partial charge >= 0.3 is 5.97 Å². The maximum atomic E-state index is 12.4. The van der Waals surface area contributed by atoms with E-state index < -0.39 is 0 Å². The Morgan fingerprint density at radius 3 is 2.66 bits per heavy atom. The normalized spacial score (nSPS) is 13.3. The molecule has 6 heteroatoms. The third-order valence-electron chi connectivity index (χ3n) is 4.79. The van der Waals surface area contributed by atoms with Gasteiger partial charge in [0.2, 0.25) is 0 Å². The maximum Gasteiger partial charge on any atom is 0.338 e. The van der Waals surface area contributed by atoms with Crippen molar-refractivity contribution in [3.05, 3.63) is 65.5 Å². The molecule has 0 fully saturated rings. The molecule has 1 aliphatic rings. The molecule has 1 heterocycles. The van der Waals surface area contributed by atoms with Crippen LogP contribution in [0, 0.1) is 0 Å². The van der Waals surface area contributed by atoms with E-state index in [0.29, 0.717) is 24.4 Å². The molecule has 2 aromatic rings. The highest BCUT2D eigenvalue weighted by molar-refractivity contribution is 5.93. The Bertz CT molecular complexity index is 875. The maximum absolute atomic E-state index is 12.4. The van der Waals surface area contributed by atoms with Crippen molar-refractivity contribution in [1.82, 2.24) is 10.3 Å². The zero-order valence-electron chi connectivity index (χ0n) is 16.7. The molecule has 1 aromatic heterocycles. The van der Waals surface area contributed by atoms with E-state index in [9.17, 15) is 9.59 Å². The van der Waals surface area contributed by atoms with E-state index in [1.807, 2.05) is 0 Å². The summed E-state index contributed by atoms with van der Waals surface area (Å²) >= 11 is 0. The monoisotopic (exact) mass is 393 g/mol. The summed E-state index contributed by atoms with van der Waals surface area (Å²) in [5, 5.41) is 6.17. The van der Waals surface area contributed by atoms with Gasteiger partial charge in [-0.05, 0) is 75.4 Å². The van der Waals surface area contributed by atoms with E-state index in [-0.39, 0.29) is 11.9 Å². The van der Waals surface area contributed by atoms with Gasteiger partial charge in [-0.15, -0.1) is 0 Å². The van der Waals surface area contributed by atoms with Crippen molar-refractivity contribution in [1.29, 1.82) is 0 Å². The highest BCUT2D eigenvalue weighted by Gasteiger charge is 2.10. The van der Waals surface area contributed by atoms with Crippen molar-refractivity contribution in [2.45, 2.75) is 39.0 Å². The van der Waals surface area contributed by atoms with Crippen molar-refractivity contribution >= 4 is 23.3 Å². The Hall–Kier alpha value is -3.15. The quantitative estimate of drug-likeness (QED) is 0.505. The minimum absolute atomic E-state index is 0.178. The predicted octanol–water partition coefficient (Wildman–Crippen LogP) is 4.62. The average Bonchev–Trinajstić information content (AvgIpc) is 2.75. The molecular formula is C23H27N3O3. The zero-order chi connectivity index (χ0) is 20.5. The number of carbonyl (C=O) groups excluding carboxylic acids is 2. The molecule has 0 spiro atoms. The summed E-state index contributed by atoms with van der Waals surface area (Å²) in [5.74, 6) is -0.520. The molecule has 1 aromatic carbocycles. The minimum atomic E-state index is -0.342. The van der Waals surface area contributed by atoms with Crippen LogP contribution < -0.4 is 10.6 Å². The lowest BCUT2D eigenvalue weighted by atomic mass is 9.97. The minimum Gasteiger partial charge on any atom is -0.462 e. The van der Waals surface area contributed by atoms with Crippen LogP contribution in [0.1, 0.15) is 59.9 Å². The number of hydrogen-bond acceptors (Lipinski definition) is 5. The van der Waals surface area contributed by atoms with E-state index in [0.717, 1.165) is 30.6 Å². The first-order valence-electron chi connectivity index (χ1n) is 10.1. The van der Waals surface area contributed by atoms with Crippen molar-refractivity contribution in [3.63, 3.8) is 0 Å². The lowest BCUT2D eigenvalue weighted by Gasteiger charge is -2.13. The Labute approximate surface area is 171 Å². The highest BCUT2D eigenvalue weighted by Crippen LogP contribution is 2.20. The third kappa shape index (κ3) is 6.17. The number of hydrogen-bond donors (Lipinski definition) is 2. The lowest BCUT2D eigenvalue weighted by molar-refractivity contribution is 0.0526. The Morgan fingerprint density at radius 1 is 1.10 bits per heavy atom. The average molecular weight is 393 g/mol. The van der Waals surface area contributed by atoms with Gasteiger partial charge in [0.1, 0.15) is 5.69 Å². The fraction of sp³-hybridized carbons (Fsp3) is 0.348. The number of rotatable bonds is 8. The van der Waals surface area contributed by atoms with Crippen LogP contribution in [0.4, 0.5) is 11.4 Å². The van der Waals surface area contributed by atoms with Crippen LogP contribution in [0.2, 0.25) is 0 Å². The van der Waals surface area contributed by atoms with Crippen LogP contribution in [0.15, 0.2) is 54.2 Å². The number of carbonyl (C=O) groups is 2. The molecule has 0 bridgehead atoms. The fourth-order valence-electron chi connectivity index (χ4n) is 3.26. The van der Waals surface area contributed by atoms with E-state index >= 15 is 0 Å². The first-order valence-corrected chi connectivity index (χ1v) is 10.1. The summed E-state index contributed by atoms with van der Waals surface area (Å²) in [6, 6.07) is 10.5. The first-order chi connectivity index (χ1) is 14.2. The molecule has 3 rings (SSSR count). The van der Waals surface area contributed by atoms with Gasteiger partial charge in [-0.2, -0.15) is 0 Å². The molecule has 1 amide bonds. The largest absolute Gasteiger partial charge is 0.462 e. The van der Waals surface area contributed by atoms with Crippen LogP contribution >= 0.6 is 0 Å². The molecule has 0 atom stereocenters. The van der Waals surface area contributed by atoms with Gasteiger partial charge in [0.15, 0.2) is 0 Å². The van der Waals surface area contributed by atoms with E-state index in [4.69, 9.17) is 4.74 Å². The lowest BCUT2D eigenvalue weighted by Crippen LogP contribution is -2.25. The zero-order valence-corrected chi connectivity index (χ0v) is 16.7. The van der Waals surface area contributed by atoms with Gasteiger partial charge in [-0.3, -0.25) is 9.78 Å². The standard InChI is InChI=1S/C23H27N3O3/c1-2-29-23(28)18-8-10-19(11-9-18)26-20-13-15-24-21(16-20)22(27)25-14-12-17-6-4-3-5-7-17/h6,8-11,13,15-16H,2-5,7,12,14H2,1H3,(H,24,26)(H,25,27). The van der Waals surface area contributed by atoms with Gasteiger partial charge in [0.25, 0.3) is 5.91 Å². The van der Waals surface area contributed by atoms with Crippen molar-refractivity contribution in [3.8, 4) is 0 Å². The number of nitrogens with zero attached hydrogens (tertiary/aromatic N) is 1. The number of nitrogens with one attached hydrogen (secondary N) is 2. The van der Waals surface area contributed by atoms with Crippen LogP contribution in [0.25, 0.3) is 0 Å². The van der Waals surface area contributed by atoms with E-state index in [1.165, 1.54) is 18.4 Å². The van der Waals surface area contributed by atoms with Crippen LogP contribution in [0.5, 0.6) is 0 Å². The summed E-state index contributed by atoms with van der Waals surface area (Å²) in [6.45, 7) is 2.75. The van der Waals surface area contributed by atoms with Gasteiger partial charge in [-0.25, -0.2) is 4.79 Å². The third-order valence-corrected chi connectivity index (χ3v) is 4.79. The number of anilines is 2. The second kappa shape index (κ2) is 10.4. The van der Waals surface area contributed by atoms with Gasteiger partial charge in [0, 0.05) is 24.1 Å². The second-order valence-corrected chi connectivity index (χ2v) is 6.97. The number of allylic oxidation sites excluding steroid dienone is 1. The van der Waals surface area contributed by atoms with E-state index in [2.05, 4.69) is 21.7 Å². The SMILES string of the molecule is CCOC(=O)c1ccc(Nc2ccnc(C(=O)NCCC3=CCCCC3)c2)cc1. The van der Waals surface area contributed by atoms with Crippen LogP contribution in [-0.4, -0.2) is 30.0 Å². The molecule has 6 nitrogen and oxygen atoms in total. The van der Waals surface area contributed by atoms with Crippen LogP contribution in [0.3, 0.4) is 0 Å². The summed E-state index contributed by atoms with van der Waals surface area (Å²) < 4.78 is 4.98. The molecule has 0 saturated carbocycles. The topological polar surface area (TPSA) is 80.3 Å². The number of aromatic nitrogens is 1. The summed E-state index contributed by atoms with van der Waals surface area (Å²) in [5.41, 5.74) is 3.87. The Kier molecular flexibility index (Phi) is 7.39. The number of pyridine rings is 1. The molecule has 2 N–H and O–H groups in total. The van der Waals surface area contributed by atoms with Gasteiger partial charge in [0.05, 0.1) is 12.2 Å². The van der Waals surface area contributed by atoms with Crippen molar-refractivity contribution < 1.29 is 14.3 Å². The molecule has 152 valence electrons. The molecule has 0 saturated heterocycles. The van der Waals surface area contributed by atoms with Crippen molar-refractivity contribution in [2.24, 2.45) is 0 Å². The Balaban J connectivity index is 1.55. The molecule has 29 heavy (non-hydrogen) atoms. The van der Waals surface area contributed by atoms with E-state index in [1.54, 1.807) is 49.5 Å². The molecular weight excluding hydrogens is 366 g/mol. The fourth-order valence-corrected chi connectivity index (χ4v) is 3.26. The summed E-state index contributed by atoms with van der Waals surface area (Å²) in [7, 11) is 0. The first kappa shape index (κ1) is 20.6. The molecule has 0 unspecified atom stereocenters. The number of ether oxygens (including phenoxy) is 1. The summed E-state index contributed by atoms with van der Waals surface area (Å²) in [6.07, 6.45) is 9.61. The molecule has 0 radical (unpaired) electrons. The number of esters is 1. The highest BCUT2D eigenvalue weighted by atomic mass is 16.5. The molecule has 1 aliphatic carbocycles. The van der Waals surface area contributed by atoms with Gasteiger partial charge < -0.3 is 15.4 Å². The summed E-state index contributed by atoms with van der Waals surface area (Å²) in [4.78, 5) is 28.3. The molecule has 0 aliphatic heterocycles.